The summed E-state index contributed by atoms with van der Waals surface area (Å²) < 4.78 is 18.5. The molecule has 2 aromatic carbocycles. The zero-order valence-electron chi connectivity index (χ0n) is 20.4. The molecule has 3 rings (SSSR count). The lowest BCUT2D eigenvalue weighted by molar-refractivity contribution is -0.137. The highest BCUT2D eigenvalue weighted by molar-refractivity contribution is 5.99. The molecule has 1 unspecified atom stereocenters. The van der Waals surface area contributed by atoms with Crippen molar-refractivity contribution in [2.45, 2.75) is 26.8 Å². The van der Waals surface area contributed by atoms with Gasteiger partial charge in [0.1, 0.15) is 11.9 Å². The molecule has 1 fully saturated rings. The maximum Gasteiger partial charge on any atom is 0.251 e. The zero-order valence-corrected chi connectivity index (χ0v) is 20.4. The van der Waals surface area contributed by atoms with E-state index in [0.29, 0.717) is 25.4 Å². The van der Waals surface area contributed by atoms with Gasteiger partial charge >= 0.3 is 0 Å². The summed E-state index contributed by atoms with van der Waals surface area (Å²) in [6.07, 6.45) is 0. The van der Waals surface area contributed by atoms with Gasteiger partial charge in [-0.2, -0.15) is 0 Å². The number of rotatable bonds is 9. The predicted molar refractivity (Wildman–Crippen MR) is 133 cm³/mol. The van der Waals surface area contributed by atoms with Crippen molar-refractivity contribution >= 4 is 29.1 Å². The second-order valence-corrected chi connectivity index (χ2v) is 8.75. The average molecular weight is 485 g/mol. The molecule has 0 aliphatic carbocycles. The minimum Gasteiger partial charge on any atom is -0.378 e. The fourth-order valence-electron chi connectivity index (χ4n) is 3.83. The van der Waals surface area contributed by atoms with Crippen LogP contribution in [-0.4, -0.2) is 68.1 Å². The lowest BCUT2D eigenvalue weighted by atomic mass is 10.0. The molecule has 2 aromatic rings. The minimum atomic E-state index is -0.826. The highest BCUT2D eigenvalue weighted by atomic mass is 19.1. The largest absolute Gasteiger partial charge is 0.378 e. The molecule has 188 valence electrons. The van der Waals surface area contributed by atoms with E-state index in [0.717, 1.165) is 18.8 Å². The molecule has 1 heterocycles. The van der Waals surface area contributed by atoms with Crippen LogP contribution in [0.1, 0.15) is 31.1 Å². The minimum absolute atomic E-state index is 0.143. The summed E-state index contributed by atoms with van der Waals surface area (Å²) in [5.41, 5.74) is 1.96. The van der Waals surface area contributed by atoms with E-state index in [2.05, 4.69) is 15.5 Å². The van der Waals surface area contributed by atoms with Crippen molar-refractivity contribution in [3.05, 3.63) is 59.9 Å². The van der Waals surface area contributed by atoms with Crippen molar-refractivity contribution in [3.63, 3.8) is 0 Å². The summed E-state index contributed by atoms with van der Waals surface area (Å²) in [5.74, 6) is -1.81. The van der Waals surface area contributed by atoms with E-state index in [9.17, 15) is 18.8 Å². The summed E-state index contributed by atoms with van der Waals surface area (Å²) in [4.78, 5) is 42.1. The molecule has 1 saturated heterocycles. The Bertz CT molecular complexity index is 1010. The maximum absolute atomic E-state index is 13.2. The van der Waals surface area contributed by atoms with Gasteiger partial charge in [-0.15, -0.1) is 0 Å². The number of morpholine rings is 1. The van der Waals surface area contributed by atoms with Crippen LogP contribution < -0.4 is 15.5 Å². The molecule has 9 heteroatoms. The number of nitrogens with zero attached hydrogens (tertiary/aromatic N) is 2. The Morgan fingerprint density at radius 3 is 2.23 bits per heavy atom. The number of carbonyl (C=O) groups excluding carboxylic acids is 3. The van der Waals surface area contributed by atoms with E-state index >= 15 is 0 Å². The first-order valence-electron chi connectivity index (χ1n) is 11.9. The molecule has 0 spiro atoms. The Labute approximate surface area is 205 Å². The Kier molecular flexibility index (Phi) is 9.19. The molecule has 1 aliphatic rings. The number of hydrogen-bond acceptors (Lipinski definition) is 5. The molecular weight excluding hydrogens is 451 g/mol. The molecule has 3 amide bonds. The van der Waals surface area contributed by atoms with Gasteiger partial charge in [-0.25, -0.2) is 4.39 Å². The first-order chi connectivity index (χ1) is 16.8. The predicted octanol–water partition coefficient (Wildman–Crippen LogP) is 2.90. The number of hydrogen-bond donors (Lipinski definition) is 2. The number of benzene rings is 2. The van der Waals surface area contributed by atoms with Crippen LogP contribution >= 0.6 is 0 Å². The molecule has 0 aromatic heterocycles. The van der Waals surface area contributed by atoms with Crippen molar-refractivity contribution in [1.29, 1.82) is 0 Å². The molecule has 1 aliphatic heterocycles. The number of amides is 3. The van der Waals surface area contributed by atoms with Crippen molar-refractivity contribution in [2.75, 3.05) is 49.6 Å². The van der Waals surface area contributed by atoms with Crippen molar-refractivity contribution in [2.24, 2.45) is 5.92 Å². The zero-order chi connectivity index (χ0) is 25.4. The van der Waals surface area contributed by atoms with E-state index in [1.54, 1.807) is 6.92 Å². The molecule has 1 atom stereocenters. The Morgan fingerprint density at radius 2 is 1.66 bits per heavy atom. The highest BCUT2D eigenvalue weighted by Crippen LogP contribution is 2.19. The first-order valence-corrected chi connectivity index (χ1v) is 11.9. The summed E-state index contributed by atoms with van der Waals surface area (Å²) in [5, 5.41) is 5.56. The molecule has 0 radical (unpaired) electrons. The average Bonchev–Trinajstić information content (AvgIpc) is 2.86. The van der Waals surface area contributed by atoms with E-state index in [1.165, 1.54) is 29.2 Å². The van der Waals surface area contributed by atoms with Gasteiger partial charge in [-0.05, 0) is 61.4 Å². The summed E-state index contributed by atoms with van der Waals surface area (Å²) >= 11 is 0. The maximum atomic E-state index is 13.2. The normalized spacial score (nSPS) is 14.4. The standard InChI is InChI=1S/C26H33FN4O4/c1-4-30(26(34)24(18(2)3)29-25(33)19-5-7-20(27)8-6-19)17-23(32)28-21-9-11-22(12-10-21)31-13-15-35-16-14-31/h5-12,18,24H,4,13-17H2,1-3H3,(H,28,32)(H,29,33). The van der Waals surface area contributed by atoms with Crippen molar-refractivity contribution in [1.82, 2.24) is 10.2 Å². The van der Waals surface area contributed by atoms with Crippen LogP contribution in [0.3, 0.4) is 0 Å². The summed E-state index contributed by atoms with van der Waals surface area (Å²) in [6.45, 7) is 8.62. The second kappa shape index (κ2) is 12.3. The molecule has 8 nitrogen and oxygen atoms in total. The monoisotopic (exact) mass is 484 g/mol. The van der Waals surface area contributed by atoms with Crippen LogP contribution in [0, 0.1) is 11.7 Å². The SMILES string of the molecule is CCN(CC(=O)Nc1ccc(N2CCOCC2)cc1)C(=O)C(NC(=O)c1ccc(F)cc1)C(C)C. The van der Waals surface area contributed by atoms with Crippen LogP contribution in [0.2, 0.25) is 0 Å². The van der Waals surface area contributed by atoms with E-state index in [-0.39, 0.29) is 29.8 Å². The third-order valence-corrected chi connectivity index (χ3v) is 5.88. The second-order valence-electron chi connectivity index (χ2n) is 8.75. The lowest BCUT2D eigenvalue weighted by Gasteiger charge is -2.29. The molecular formula is C26H33FN4O4. The van der Waals surface area contributed by atoms with E-state index < -0.39 is 17.8 Å². The third-order valence-electron chi connectivity index (χ3n) is 5.88. The van der Waals surface area contributed by atoms with Gasteiger partial charge in [0, 0.05) is 36.6 Å². The number of nitrogens with one attached hydrogen (secondary N) is 2. The Morgan fingerprint density at radius 1 is 1.03 bits per heavy atom. The number of carbonyl (C=O) groups is 3. The fourth-order valence-corrected chi connectivity index (χ4v) is 3.83. The number of anilines is 2. The number of ether oxygens (including phenoxy) is 1. The fraction of sp³-hybridized carbons (Fsp3) is 0.423. The van der Waals surface area contributed by atoms with Crippen molar-refractivity contribution < 1.29 is 23.5 Å². The van der Waals surface area contributed by atoms with Crippen LogP contribution in [0.4, 0.5) is 15.8 Å². The van der Waals surface area contributed by atoms with Gasteiger partial charge in [-0.1, -0.05) is 13.8 Å². The number of halogens is 1. The van der Waals surface area contributed by atoms with Crippen molar-refractivity contribution in [3.8, 4) is 0 Å². The van der Waals surface area contributed by atoms with Gasteiger partial charge in [0.25, 0.3) is 5.91 Å². The van der Waals surface area contributed by atoms with Gasteiger partial charge < -0.3 is 25.2 Å². The van der Waals surface area contributed by atoms with Gasteiger partial charge in [0.2, 0.25) is 11.8 Å². The molecule has 0 saturated carbocycles. The summed E-state index contributed by atoms with van der Waals surface area (Å²) in [6, 6.07) is 11.8. The highest BCUT2D eigenvalue weighted by Gasteiger charge is 2.29. The van der Waals surface area contributed by atoms with Gasteiger partial charge in [0.05, 0.1) is 19.8 Å². The van der Waals surface area contributed by atoms with E-state index in [4.69, 9.17) is 4.74 Å². The first kappa shape index (κ1) is 26.2. The van der Waals surface area contributed by atoms with Crippen LogP contribution in [0.25, 0.3) is 0 Å². The van der Waals surface area contributed by atoms with E-state index in [1.807, 2.05) is 38.1 Å². The topological polar surface area (TPSA) is 91.0 Å². The Balaban J connectivity index is 1.59. The quantitative estimate of drug-likeness (QED) is 0.571. The molecule has 0 bridgehead atoms. The van der Waals surface area contributed by atoms with Crippen LogP contribution in [0.5, 0.6) is 0 Å². The van der Waals surface area contributed by atoms with Gasteiger partial charge in [0.15, 0.2) is 0 Å². The van der Waals surface area contributed by atoms with Crippen LogP contribution in [0.15, 0.2) is 48.5 Å². The lowest BCUT2D eigenvalue weighted by Crippen LogP contribution is -2.52. The number of likely N-dealkylation sites (N-methyl/N-ethyl adjacent to an activating group) is 1. The third kappa shape index (κ3) is 7.26. The summed E-state index contributed by atoms with van der Waals surface area (Å²) in [7, 11) is 0. The Hall–Kier alpha value is -3.46. The van der Waals surface area contributed by atoms with Crippen LogP contribution in [-0.2, 0) is 14.3 Å². The van der Waals surface area contributed by atoms with Gasteiger partial charge in [-0.3, -0.25) is 14.4 Å². The smallest absolute Gasteiger partial charge is 0.251 e. The molecule has 2 N–H and O–H groups in total. The molecule has 35 heavy (non-hydrogen) atoms.